The first-order valence-electron chi connectivity index (χ1n) is 7.55. The smallest absolute Gasteiger partial charge is 0.181 e. The van der Waals surface area contributed by atoms with Gasteiger partial charge in [0.2, 0.25) is 0 Å². The van der Waals surface area contributed by atoms with Gasteiger partial charge < -0.3 is 4.90 Å². The number of anilines is 1. The molecule has 1 unspecified atom stereocenters. The molecule has 0 radical (unpaired) electrons. The molecule has 1 atom stereocenters. The third-order valence-electron chi connectivity index (χ3n) is 4.45. The second kappa shape index (κ2) is 7.12. The van der Waals surface area contributed by atoms with Gasteiger partial charge in [-0.1, -0.05) is 63.5 Å². The third-order valence-corrected chi connectivity index (χ3v) is 6.49. The summed E-state index contributed by atoms with van der Waals surface area (Å²) < 4.78 is 1.05. The van der Waals surface area contributed by atoms with Crippen LogP contribution in [0.25, 0.3) is 0 Å². The molecule has 2 aromatic rings. The van der Waals surface area contributed by atoms with Crippen molar-refractivity contribution in [2.45, 2.75) is 18.9 Å². The monoisotopic (exact) mass is 472 g/mol. The molecule has 2 nitrogen and oxygen atoms in total. The Kier molecular flexibility index (Phi) is 5.43. The topological polar surface area (TPSA) is 6.48 Å². The highest BCUT2D eigenvalue weighted by Gasteiger charge is 2.47. The van der Waals surface area contributed by atoms with Crippen LogP contribution in [-0.2, 0) is 6.42 Å². The molecule has 0 spiro atoms. The van der Waals surface area contributed by atoms with Crippen LogP contribution in [0.3, 0.4) is 0 Å². The van der Waals surface area contributed by atoms with Crippen LogP contribution >= 0.6 is 63.6 Å². The molecule has 130 valence electrons. The van der Waals surface area contributed by atoms with Gasteiger partial charge in [0.1, 0.15) is 4.99 Å². The first kappa shape index (κ1) is 19.1. The van der Waals surface area contributed by atoms with Crippen molar-refractivity contribution in [2.24, 2.45) is 0 Å². The van der Waals surface area contributed by atoms with Crippen LogP contribution in [0.15, 0.2) is 46.9 Å². The number of benzene rings is 2. The fraction of sp³-hybridized carbons (Fsp3) is 0.222. The number of halogens is 3. The molecule has 3 rings (SSSR count). The van der Waals surface area contributed by atoms with Crippen LogP contribution in [0, 0.1) is 0 Å². The second-order valence-electron chi connectivity index (χ2n) is 6.19. The van der Waals surface area contributed by atoms with Gasteiger partial charge in [-0.05, 0) is 55.0 Å². The highest BCUT2D eigenvalue weighted by Crippen LogP contribution is 2.37. The Hall–Kier alpha value is -0.720. The molecule has 25 heavy (non-hydrogen) atoms. The van der Waals surface area contributed by atoms with Crippen LogP contribution in [0.4, 0.5) is 5.69 Å². The minimum atomic E-state index is -0.408. The van der Waals surface area contributed by atoms with Crippen LogP contribution in [0.2, 0.25) is 10.0 Å². The molecule has 0 amide bonds. The SMILES string of the molecule is CN1C(=S)N(c2cc(Cl)cc(Cl)c2)C(=S)C1(C)Cc1ccc(Br)cc1. The van der Waals surface area contributed by atoms with Gasteiger partial charge in [-0.25, -0.2) is 0 Å². The molecule has 0 saturated carbocycles. The van der Waals surface area contributed by atoms with Crippen molar-refractivity contribution >= 4 is 79.4 Å². The molecule has 7 heteroatoms. The summed E-state index contributed by atoms with van der Waals surface area (Å²) in [5, 5.41) is 1.75. The number of rotatable bonds is 3. The van der Waals surface area contributed by atoms with Crippen molar-refractivity contribution in [3.05, 3.63) is 62.5 Å². The van der Waals surface area contributed by atoms with Crippen LogP contribution < -0.4 is 4.90 Å². The predicted octanol–water partition coefficient (Wildman–Crippen LogP) is 6.12. The Morgan fingerprint density at radius 2 is 1.60 bits per heavy atom. The average Bonchev–Trinajstić information content (AvgIpc) is 2.70. The summed E-state index contributed by atoms with van der Waals surface area (Å²) in [6, 6.07) is 13.6. The fourth-order valence-electron chi connectivity index (χ4n) is 2.92. The summed E-state index contributed by atoms with van der Waals surface area (Å²) in [7, 11) is 1.97. The van der Waals surface area contributed by atoms with Crippen LogP contribution in [0.1, 0.15) is 12.5 Å². The Labute approximate surface area is 176 Å². The quantitative estimate of drug-likeness (QED) is 0.495. The van der Waals surface area contributed by atoms with E-state index in [2.05, 4.69) is 35.0 Å². The predicted molar refractivity (Wildman–Crippen MR) is 118 cm³/mol. The molecule has 0 N–H and O–H groups in total. The van der Waals surface area contributed by atoms with E-state index in [4.69, 9.17) is 47.6 Å². The molecular formula is C18H15BrCl2N2S2. The lowest BCUT2D eigenvalue weighted by molar-refractivity contribution is 0.339. The van der Waals surface area contributed by atoms with Crippen molar-refractivity contribution in [2.75, 3.05) is 11.9 Å². The second-order valence-corrected chi connectivity index (χ2v) is 8.73. The fourth-order valence-corrected chi connectivity index (χ4v) is 4.56. The molecule has 2 aromatic carbocycles. The van der Waals surface area contributed by atoms with E-state index in [9.17, 15) is 0 Å². The molecule has 0 aromatic heterocycles. The summed E-state index contributed by atoms with van der Waals surface area (Å²) in [6.07, 6.45) is 0.751. The Bertz CT molecular complexity index is 836. The first-order chi connectivity index (χ1) is 11.7. The lowest BCUT2D eigenvalue weighted by Gasteiger charge is -2.31. The maximum absolute atomic E-state index is 6.16. The van der Waals surface area contributed by atoms with E-state index in [1.807, 2.05) is 41.1 Å². The lowest BCUT2D eigenvalue weighted by atomic mass is 9.92. The maximum atomic E-state index is 6.16. The van der Waals surface area contributed by atoms with Crippen molar-refractivity contribution < 1.29 is 0 Å². The molecule has 0 bridgehead atoms. The standard InChI is InChI=1S/C18H15BrCl2N2S2/c1-18(10-11-3-5-12(19)6-4-11)16(24)23(17(25)22(18)2)15-8-13(20)7-14(21)9-15/h3-9H,10H2,1-2H3. The summed E-state index contributed by atoms with van der Waals surface area (Å²) in [5.74, 6) is 0. The van der Waals surface area contributed by atoms with E-state index in [1.165, 1.54) is 5.56 Å². The summed E-state index contributed by atoms with van der Waals surface area (Å²) in [5.41, 5.74) is 1.57. The molecule has 1 saturated heterocycles. The lowest BCUT2D eigenvalue weighted by Crippen LogP contribution is -2.46. The van der Waals surface area contributed by atoms with E-state index in [1.54, 1.807) is 6.07 Å². The zero-order chi connectivity index (χ0) is 18.4. The van der Waals surface area contributed by atoms with Gasteiger partial charge in [0.15, 0.2) is 5.11 Å². The van der Waals surface area contributed by atoms with Gasteiger partial charge in [0, 0.05) is 28.0 Å². The van der Waals surface area contributed by atoms with Gasteiger partial charge in [-0.15, -0.1) is 0 Å². The van der Waals surface area contributed by atoms with E-state index in [-0.39, 0.29) is 0 Å². The highest BCUT2D eigenvalue weighted by molar-refractivity contribution is 9.10. The molecular weight excluding hydrogens is 459 g/mol. The third kappa shape index (κ3) is 3.58. The normalized spacial score (nSPS) is 20.5. The Morgan fingerprint density at radius 1 is 1.04 bits per heavy atom. The zero-order valence-electron chi connectivity index (χ0n) is 13.6. The van der Waals surface area contributed by atoms with E-state index in [0.717, 1.165) is 21.6 Å². The number of likely N-dealkylation sites (N-methyl/N-ethyl adjacent to an activating group) is 1. The van der Waals surface area contributed by atoms with Crippen LogP contribution in [-0.4, -0.2) is 27.6 Å². The van der Waals surface area contributed by atoms with Crippen molar-refractivity contribution in [1.82, 2.24) is 4.90 Å². The summed E-state index contributed by atoms with van der Waals surface area (Å²) in [6.45, 7) is 2.11. The molecule has 1 aliphatic rings. The minimum absolute atomic E-state index is 0.408. The molecule has 0 aliphatic carbocycles. The van der Waals surface area contributed by atoms with Gasteiger partial charge in [-0.3, -0.25) is 4.90 Å². The van der Waals surface area contributed by atoms with E-state index in [0.29, 0.717) is 15.2 Å². The maximum Gasteiger partial charge on any atom is 0.181 e. The summed E-state index contributed by atoms with van der Waals surface area (Å²) in [4.78, 5) is 4.66. The number of hydrogen-bond acceptors (Lipinski definition) is 2. The summed E-state index contributed by atoms with van der Waals surface area (Å²) >= 11 is 27.3. The van der Waals surface area contributed by atoms with Crippen LogP contribution in [0.5, 0.6) is 0 Å². The average molecular weight is 474 g/mol. The molecule has 1 heterocycles. The molecule has 1 fully saturated rings. The number of thiocarbonyl (C=S) groups is 2. The van der Waals surface area contributed by atoms with Gasteiger partial charge in [-0.2, -0.15) is 0 Å². The minimum Gasteiger partial charge on any atom is -0.339 e. The van der Waals surface area contributed by atoms with Gasteiger partial charge in [0.05, 0.1) is 11.2 Å². The highest BCUT2D eigenvalue weighted by atomic mass is 79.9. The van der Waals surface area contributed by atoms with Gasteiger partial charge >= 0.3 is 0 Å². The number of hydrogen-bond donors (Lipinski definition) is 0. The van der Waals surface area contributed by atoms with Crippen molar-refractivity contribution in [3.8, 4) is 0 Å². The number of nitrogens with zero attached hydrogens (tertiary/aromatic N) is 2. The Balaban J connectivity index is 1.98. The molecule has 1 aliphatic heterocycles. The van der Waals surface area contributed by atoms with Crippen molar-refractivity contribution in [3.63, 3.8) is 0 Å². The van der Waals surface area contributed by atoms with Gasteiger partial charge in [0.25, 0.3) is 0 Å². The van der Waals surface area contributed by atoms with E-state index < -0.39 is 5.54 Å². The largest absolute Gasteiger partial charge is 0.339 e. The van der Waals surface area contributed by atoms with Crippen molar-refractivity contribution in [1.29, 1.82) is 0 Å². The van der Waals surface area contributed by atoms with E-state index >= 15 is 0 Å². The Morgan fingerprint density at radius 3 is 2.16 bits per heavy atom. The zero-order valence-corrected chi connectivity index (χ0v) is 18.3. The first-order valence-corrected chi connectivity index (χ1v) is 9.92.